The predicted octanol–water partition coefficient (Wildman–Crippen LogP) is 7.04. The van der Waals surface area contributed by atoms with Crippen LogP contribution in [-0.2, 0) is 14.9 Å². The maximum Gasteiger partial charge on any atom is 0.410 e. The number of likely N-dealkylation sites (tertiary alicyclic amines) is 1. The Morgan fingerprint density at radius 2 is 1.63 bits per heavy atom. The van der Waals surface area contributed by atoms with Crippen LogP contribution in [0.1, 0.15) is 115 Å². The topological polar surface area (TPSA) is 114 Å². The van der Waals surface area contributed by atoms with Gasteiger partial charge in [0.25, 0.3) is 0 Å². The van der Waals surface area contributed by atoms with E-state index < -0.39 is 6.10 Å². The number of carbonyl (C=O) groups excluding carboxylic acids is 2. The number of aliphatic hydroxyl groups is 1. The average molecular weight is 669 g/mol. The van der Waals surface area contributed by atoms with E-state index in [0.29, 0.717) is 57.2 Å². The van der Waals surface area contributed by atoms with E-state index in [2.05, 4.69) is 57.1 Å². The first-order valence-corrected chi connectivity index (χ1v) is 18.5. The summed E-state index contributed by atoms with van der Waals surface area (Å²) in [6, 6.07) is 11.5. The number of hydrogen-bond donors (Lipinski definition) is 1. The number of ether oxygens (including phenoxy) is 1. The lowest BCUT2D eigenvalue weighted by Crippen LogP contribution is -2.54. The lowest BCUT2D eigenvalue weighted by atomic mass is 9.51. The van der Waals surface area contributed by atoms with Gasteiger partial charge in [-0.25, -0.2) is 14.8 Å². The van der Waals surface area contributed by atoms with Crippen LogP contribution in [0.5, 0.6) is 0 Å². The molecule has 3 aromatic rings. The van der Waals surface area contributed by atoms with Gasteiger partial charge in [-0.3, -0.25) is 14.4 Å². The summed E-state index contributed by atoms with van der Waals surface area (Å²) < 4.78 is 7.66. The predicted molar refractivity (Wildman–Crippen MR) is 188 cm³/mol. The van der Waals surface area contributed by atoms with E-state index in [1.54, 1.807) is 6.20 Å². The largest absolute Gasteiger partial charge is 0.446 e. The van der Waals surface area contributed by atoms with Crippen molar-refractivity contribution in [3.63, 3.8) is 0 Å². The summed E-state index contributed by atoms with van der Waals surface area (Å²) in [6.07, 6.45) is 13.8. The number of hydrogen-bond acceptors (Lipinski definition) is 7. The van der Waals surface area contributed by atoms with E-state index in [1.165, 1.54) is 16.0 Å². The van der Waals surface area contributed by atoms with E-state index in [-0.39, 0.29) is 40.9 Å². The molecule has 1 aliphatic heterocycles. The SMILES string of the molecule is CC(C)c1ccc(C23CCC(CN(C(=O)C4CCC(OC(=O)N5CC(O)C5)CC4)c4nccc(-c5cnn(C(C)C)c5)n4)(CC2)CC3)cc1. The van der Waals surface area contributed by atoms with Gasteiger partial charge in [0.15, 0.2) is 0 Å². The fraction of sp³-hybridized carbons (Fsp3) is 0.615. The van der Waals surface area contributed by atoms with Crippen molar-refractivity contribution in [2.24, 2.45) is 11.3 Å². The van der Waals surface area contributed by atoms with Crippen LogP contribution >= 0.6 is 0 Å². The fourth-order valence-corrected chi connectivity index (χ4v) is 8.60. The average Bonchev–Trinajstić information content (AvgIpc) is 3.62. The zero-order valence-electron chi connectivity index (χ0n) is 29.6. The Balaban J connectivity index is 1.09. The van der Waals surface area contributed by atoms with Crippen molar-refractivity contribution >= 4 is 17.9 Å². The zero-order valence-corrected chi connectivity index (χ0v) is 29.6. The molecular weight excluding hydrogens is 616 g/mol. The maximum atomic E-state index is 14.6. The van der Waals surface area contributed by atoms with Gasteiger partial charge in [-0.05, 0) is 112 Å². The van der Waals surface area contributed by atoms with Crippen molar-refractivity contribution in [1.29, 1.82) is 0 Å². The van der Waals surface area contributed by atoms with Crippen LogP contribution in [0.2, 0.25) is 0 Å². The smallest absolute Gasteiger partial charge is 0.410 e. The third kappa shape index (κ3) is 6.85. The van der Waals surface area contributed by atoms with Crippen molar-refractivity contribution in [2.45, 2.75) is 121 Å². The highest BCUT2D eigenvalue weighted by atomic mass is 16.6. The van der Waals surface area contributed by atoms with Gasteiger partial charge >= 0.3 is 6.09 Å². The Kier molecular flexibility index (Phi) is 9.28. The van der Waals surface area contributed by atoms with Crippen LogP contribution in [0, 0.1) is 11.3 Å². The molecule has 262 valence electrons. The number of benzene rings is 1. The van der Waals surface area contributed by atoms with Gasteiger partial charge in [-0.1, -0.05) is 38.1 Å². The van der Waals surface area contributed by atoms with E-state index in [1.807, 2.05) is 28.0 Å². The van der Waals surface area contributed by atoms with Crippen LogP contribution < -0.4 is 4.90 Å². The van der Waals surface area contributed by atoms with Gasteiger partial charge in [0.05, 0.1) is 31.1 Å². The van der Waals surface area contributed by atoms with Gasteiger partial charge in [0.1, 0.15) is 6.10 Å². The molecule has 4 saturated carbocycles. The lowest BCUT2D eigenvalue weighted by molar-refractivity contribution is -0.125. The minimum absolute atomic E-state index is 0.0334. The number of carbonyl (C=O) groups is 2. The molecular formula is C39H52N6O4. The van der Waals surface area contributed by atoms with Crippen LogP contribution in [0.3, 0.4) is 0 Å². The Bertz CT molecular complexity index is 1610. The molecule has 0 unspecified atom stereocenters. The summed E-state index contributed by atoms with van der Waals surface area (Å²) in [5, 5.41) is 14.1. The third-order valence-electron chi connectivity index (χ3n) is 12.1. The first-order valence-electron chi connectivity index (χ1n) is 18.5. The molecule has 10 heteroatoms. The summed E-state index contributed by atoms with van der Waals surface area (Å²) in [5.74, 6) is 0.884. The Hall–Kier alpha value is -3.79. The number of rotatable bonds is 9. The molecule has 1 aromatic carbocycles. The van der Waals surface area contributed by atoms with Crippen molar-refractivity contribution in [2.75, 3.05) is 24.5 Å². The van der Waals surface area contributed by atoms with Crippen molar-refractivity contribution in [1.82, 2.24) is 24.6 Å². The first kappa shape index (κ1) is 33.7. The van der Waals surface area contributed by atoms with Crippen molar-refractivity contribution in [3.8, 4) is 11.3 Å². The molecule has 8 rings (SSSR count). The number of amides is 2. The number of aromatic nitrogens is 4. The molecule has 10 nitrogen and oxygen atoms in total. The van der Waals surface area contributed by atoms with Crippen LogP contribution in [0.25, 0.3) is 11.3 Å². The van der Waals surface area contributed by atoms with E-state index >= 15 is 0 Å². The highest BCUT2D eigenvalue weighted by Crippen LogP contribution is 2.58. The van der Waals surface area contributed by atoms with E-state index in [9.17, 15) is 14.7 Å². The number of fused-ring (bicyclic) bond motifs is 3. The number of nitrogens with zero attached hydrogens (tertiary/aromatic N) is 6. The molecule has 0 radical (unpaired) electrons. The summed E-state index contributed by atoms with van der Waals surface area (Å²) in [6.45, 7) is 9.95. The summed E-state index contributed by atoms with van der Waals surface area (Å²) in [4.78, 5) is 40.2. The minimum atomic E-state index is -0.459. The molecule has 5 fully saturated rings. The Morgan fingerprint density at radius 3 is 2.22 bits per heavy atom. The second-order valence-electron chi connectivity index (χ2n) is 15.9. The molecule has 0 atom stereocenters. The van der Waals surface area contributed by atoms with E-state index in [4.69, 9.17) is 14.7 Å². The summed E-state index contributed by atoms with van der Waals surface area (Å²) in [5.41, 5.74) is 4.78. The van der Waals surface area contributed by atoms with Crippen molar-refractivity contribution in [3.05, 3.63) is 60.0 Å². The zero-order chi connectivity index (χ0) is 34.3. The number of aliphatic hydroxyl groups excluding tert-OH is 1. The van der Waals surface area contributed by atoms with Crippen LogP contribution in [-0.4, -0.2) is 73.6 Å². The molecule has 1 N–H and O–H groups in total. The normalized spacial score (nSPS) is 27.0. The van der Waals surface area contributed by atoms with Gasteiger partial charge in [0, 0.05) is 36.5 Å². The summed E-state index contributed by atoms with van der Waals surface area (Å²) >= 11 is 0. The second kappa shape index (κ2) is 13.5. The van der Waals surface area contributed by atoms with Gasteiger partial charge < -0.3 is 14.7 Å². The van der Waals surface area contributed by atoms with Gasteiger partial charge in [0.2, 0.25) is 11.9 Å². The highest BCUT2D eigenvalue weighted by molar-refractivity contribution is 5.93. The quantitative estimate of drug-likeness (QED) is 0.260. The molecule has 2 aromatic heterocycles. The minimum Gasteiger partial charge on any atom is -0.446 e. The molecule has 0 spiro atoms. The fourth-order valence-electron chi connectivity index (χ4n) is 8.60. The molecule has 4 aliphatic carbocycles. The molecule has 2 bridgehead atoms. The highest BCUT2D eigenvalue weighted by Gasteiger charge is 2.51. The summed E-state index contributed by atoms with van der Waals surface area (Å²) in [7, 11) is 0. The maximum absolute atomic E-state index is 14.6. The second-order valence-corrected chi connectivity index (χ2v) is 15.9. The van der Waals surface area contributed by atoms with E-state index in [0.717, 1.165) is 49.8 Å². The molecule has 3 heterocycles. The number of anilines is 1. The third-order valence-corrected chi connectivity index (χ3v) is 12.1. The van der Waals surface area contributed by atoms with Crippen LogP contribution in [0.15, 0.2) is 48.9 Å². The Morgan fingerprint density at radius 1 is 0.959 bits per heavy atom. The van der Waals surface area contributed by atoms with Crippen LogP contribution in [0.4, 0.5) is 10.7 Å². The standard InChI is InChI=1S/C39H52N6O4/c1-26(2)28-5-9-31(10-6-28)39-17-14-38(15-18-39,16-19-39)25-44(36-40-20-13-34(42-36)30-21-41-45(22-30)27(3)4)35(47)29-7-11-33(12-8-29)49-37(48)43-23-32(46)24-43/h5-6,9-10,13,20-22,26-27,29,32-33,46H,7-8,11-12,14-19,23-25H2,1-4H3. The molecule has 5 aliphatic rings. The lowest BCUT2D eigenvalue weighted by Gasteiger charge is -2.55. The molecule has 2 amide bonds. The first-order chi connectivity index (χ1) is 23.5. The Labute approximate surface area is 290 Å². The molecule has 1 saturated heterocycles. The van der Waals surface area contributed by atoms with Gasteiger partial charge in [-0.15, -0.1) is 0 Å². The monoisotopic (exact) mass is 668 g/mol. The number of β-amino-alcohol motifs (C(OH)–C–C–N with tert-alkyl or cyclic N) is 1. The molecule has 49 heavy (non-hydrogen) atoms. The van der Waals surface area contributed by atoms with Gasteiger partial charge in [-0.2, -0.15) is 5.10 Å². The van der Waals surface area contributed by atoms with Crippen molar-refractivity contribution < 1.29 is 19.4 Å².